The first-order valence-electron chi connectivity index (χ1n) is 13.0. The number of phosphoric ester groups is 1. The average molecular weight is 684 g/mol. The number of fused-ring (bicyclic) bond motifs is 2. The maximum atomic E-state index is 12.3. The van der Waals surface area contributed by atoms with Crippen molar-refractivity contribution in [3.63, 3.8) is 0 Å². The van der Waals surface area contributed by atoms with E-state index < -0.39 is 70.4 Å². The number of phenolic OH excluding ortho intramolecular Hbond substituents is 7. The highest BCUT2D eigenvalue weighted by atomic mass is 31.2. The van der Waals surface area contributed by atoms with Gasteiger partial charge in [0.25, 0.3) is 0 Å². The lowest BCUT2D eigenvalue weighted by atomic mass is 10.1. The van der Waals surface area contributed by atoms with Crippen LogP contribution in [0.1, 0.15) is 0 Å². The number of hydrogen-bond acceptors (Lipinski definition) is 15. The van der Waals surface area contributed by atoms with Gasteiger partial charge in [0.05, 0.1) is 0 Å². The van der Waals surface area contributed by atoms with Gasteiger partial charge in [-0.05, 0) is 36.4 Å². The third kappa shape index (κ3) is 6.27. The van der Waals surface area contributed by atoms with Gasteiger partial charge in [0.15, 0.2) is 34.5 Å². The lowest BCUT2D eigenvalue weighted by molar-refractivity contribution is 0.278. The molecule has 6 aromatic rings. The molecule has 0 saturated heterocycles. The molecule has 2 heterocycles. The molecule has 0 amide bonds. The molecule has 248 valence electrons. The van der Waals surface area contributed by atoms with E-state index in [4.69, 9.17) is 18.6 Å². The number of benzene rings is 4. The van der Waals surface area contributed by atoms with Crippen molar-refractivity contribution in [2.75, 3.05) is 0 Å². The lowest BCUT2D eigenvalue weighted by Gasteiger charge is -2.11. The largest absolute Gasteiger partial charge is 0.524 e. The van der Waals surface area contributed by atoms with Gasteiger partial charge in [-0.1, -0.05) is 0 Å². The fourth-order valence-electron chi connectivity index (χ4n) is 4.46. The summed E-state index contributed by atoms with van der Waals surface area (Å²) in [5, 5.41) is 86.3. The first kappa shape index (κ1) is 32.8. The maximum absolute atomic E-state index is 12.3. The van der Waals surface area contributed by atoms with Crippen molar-refractivity contribution < 1.29 is 73.7 Å². The quantitative estimate of drug-likeness (QED) is 0.0930. The number of aromatic hydroxyl groups is 9. The zero-order valence-electron chi connectivity index (χ0n) is 23.6. The van der Waals surface area contributed by atoms with Gasteiger partial charge < -0.3 is 59.3 Å². The minimum Gasteiger partial charge on any atom is -0.508 e. The molecule has 18 heteroatoms. The minimum atomic E-state index is -4.98. The van der Waals surface area contributed by atoms with Crippen molar-refractivity contribution in [2.24, 2.45) is 0 Å². The van der Waals surface area contributed by atoms with Crippen molar-refractivity contribution in [2.45, 2.75) is 0 Å². The predicted molar refractivity (Wildman–Crippen MR) is 163 cm³/mol. The van der Waals surface area contributed by atoms with Crippen LogP contribution < -0.4 is 15.4 Å². The summed E-state index contributed by atoms with van der Waals surface area (Å²) in [4.78, 5) is 42.1. The summed E-state index contributed by atoms with van der Waals surface area (Å²) < 4.78 is 26.0. The average Bonchev–Trinajstić information content (AvgIpc) is 2.98. The Bertz CT molecular complexity index is 2420. The molecule has 0 saturated carbocycles. The predicted octanol–water partition coefficient (Wildman–Crippen LogP) is 3.74. The second-order valence-corrected chi connectivity index (χ2v) is 11.0. The highest BCUT2D eigenvalue weighted by molar-refractivity contribution is 7.46. The molecule has 0 spiro atoms. The van der Waals surface area contributed by atoms with E-state index in [0.717, 1.165) is 48.5 Å². The Kier molecular flexibility index (Phi) is 8.20. The molecule has 0 aliphatic heterocycles. The van der Waals surface area contributed by atoms with Crippen molar-refractivity contribution in [1.82, 2.24) is 0 Å². The van der Waals surface area contributed by atoms with Gasteiger partial charge in [-0.2, -0.15) is 0 Å². The molecular formula is C30H21O17P. The molecule has 0 fully saturated rings. The number of rotatable bonds is 4. The van der Waals surface area contributed by atoms with Gasteiger partial charge in [0.2, 0.25) is 22.4 Å². The Balaban J connectivity index is 0.000000190. The van der Waals surface area contributed by atoms with Crippen molar-refractivity contribution in [1.29, 1.82) is 0 Å². The molecule has 17 nitrogen and oxygen atoms in total. The minimum absolute atomic E-state index is 0.0643. The summed E-state index contributed by atoms with van der Waals surface area (Å²) >= 11 is 0. The van der Waals surface area contributed by atoms with E-state index in [2.05, 4.69) is 4.52 Å². The van der Waals surface area contributed by atoms with E-state index in [1.807, 2.05) is 0 Å². The summed E-state index contributed by atoms with van der Waals surface area (Å²) in [6, 6.07) is 10.7. The molecular weight excluding hydrogens is 663 g/mol. The van der Waals surface area contributed by atoms with Gasteiger partial charge >= 0.3 is 7.82 Å². The second kappa shape index (κ2) is 12.0. The lowest BCUT2D eigenvalue weighted by Crippen LogP contribution is -2.03. The van der Waals surface area contributed by atoms with Gasteiger partial charge in [-0.3, -0.25) is 19.4 Å². The molecule has 0 unspecified atom stereocenters. The second-order valence-electron chi connectivity index (χ2n) is 9.86. The van der Waals surface area contributed by atoms with Gasteiger partial charge in [0.1, 0.15) is 44.9 Å². The van der Waals surface area contributed by atoms with Crippen LogP contribution in [0, 0.1) is 0 Å². The van der Waals surface area contributed by atoms with Crippen LogP contribution in [0.3, 0.4) is 0 Å². The Morgan fingerprint density at radius 2 is 0.958 bits per heavy atom. The Morgan fingerprint density at radius 1 is 0.521 bits per heavy atom. The van der Waals surface area contributed by atoms with Gasteiger partial charge in [-0.25, -0.2) is 4.57 Å². The van der Waals surface area contributed by atoms with E-state index in [0.29, 0.717) is 0 Å². The molecule has 0 aliphatic rings. The van der Waals surface area contributed by atoms with Gasteiger partial charge in [0, 0.05) is 35.4 Å². The maximum Gasteiger partial charge on any atom is 0.524 e. The molecule has 6 rings (SSSR count). The highest BCUT2D eigenvalue weighted by Gasteiger charge is 2.23. The third-order valence-corrected chi connectivity index (χ3v) is 6.98. The van der Waals surface area contributed by atoms with Crippen LogP contribution in [0.25, 0.3) is 44.6 Å². The van der Waals surface area contributed by atoms with Crippen LogP contribution in [0.2, 0.25) is 0 Å². The van der Waals surface area contributed by atoms with Crippen LogP contribution in [-0.2, 0) is 4.57 Å². The molecule has 48 heavy (non-hydrogen) atoms. The van der Waals surface area contributed by atoms with Crippen LogP contribution >= 0.6 is 7.82 Å². The fraction of sp³-hybridized carbons (Fsp3) is 0. The molecule has 0 atom stereocenters. The van der Waals surface area contributed by atoms with E-state index in [1.54, 1.807) is 0 Å². The van der Waals surface area contributed by atoms with E-state index in [-0.39, 0.29) is 50.3 Å². The topological polar surface area (TPSA) is 309 Å². The Labute approximate surface area is 264 Å². The number of hydrogen-bond donors (Lipinski definition) is 11. The van der Waals surface area contributed by atoms with E-state index >= 15 is 0 Å². The van der Waals surface area contributed by atoms with Crippen molar-refractivity contribution in [3.8, 4) is 80.1 Å². The Hall–Kier alpha value is -6.55. The first-order chi connectivity index (χ1) is 22.4. The smallest absolute Gasteiger partial charge is 0.508 e. The molecule has 4 aromatic carbocycles. The van der Waals surface area contributed by atoms with Crippen LogP contribution in [0.15, 0.2) is 79.1 Å². The van der Waals surface area contributed by atoms with E-state index in [1.165, 1.54) is 12.1 Å². The first-order valence-corrected chi connectivity index (χ1v) is 14.5. The third-order valence-electron chi connectivity index (χ3n) is 6.55. The van der Waals surface area contributed by atoms with Crippen LogP contribution in [0.5, 0.6) is 57.5 Å². The molecule has 0 radical (unpaired) electrons. The summed E-state index contributed by atoms with van der Waals surface area (Å²) in [7, 11) is -4.98. The van der Waals surface area contributed by atoms with Crippen LogP contribution in [-0.4, -0.2) is 55.7 Å². The normalized spacial score (nSPS) is 11.3. The Morgan fingerprint density at radius 3 is 1.40 bits per heavy atom. The van der Waals surface area contributed by atoms with Crippen molar-refractivity contribution >= 4 is 29.8 Å². The zero-order chi connectivity index (χ0) is 35.2. The molecule has 11 N–H and O–H groups in total. The van der Waals surface area contributed by atoms with Gasteiger partial charge in [-0.15, -0.1) is 0 Å². The summed E-state index contributed by atoms with van der Waals surface area (Å²) in [6.07, 6.45) is 0. The molecule has 2 aromatic heterocycles. The zero-order valence-corrected chi connectivity index (χ0v) is 24.5. The summed E-state index contributed by atoms with van der Waals surface area (Å²) in [6.45, 7) is 0. The summed E-state index contributed by atoms with van der Waals surface area (Å²) in [5.41, 5.74) is -2.19. The summed E-state index contributed by atoms with van der Waals surface area (Å²) in [5.74, 6) is -6.26. The number of phenols is 7. The molecule has 0 aliphatic carbocycles. The molecule has 0 bridgehead atoms. The van der Waals surface area contributed by atoms with E-state index in [9.17, 15) is 60.1 Å². The monoisotopic (exact) mass is 684 g/mol. The number of phosphoric acid groups is 1. The standard InChI is InChI=1S/C15H11O10P.C15H10O7/c16-7-4-9(18)12-11(5-7)24-15(14(20)13(12)19)6-1-2-8(17)10(3-6)25-26(21,22)23;16-7-4-10(19)12-11(5-7)22-15(14(21)13(12)20)6-1-2-8(17)9(18)3-6/h1-5,16-18,20H,(H2,21,22,23);1-5,16-19,21H. The van der Waals surface area contributed by atoms with Crippen LogP contribution in [0.4, 0.5) is 0 Å². The van der Waals surface area contributed by atoms with Crippen molar-refractivity contribution in [3.05, 3.63) is 81.1 Å². The SMILES string of the molecule is O=c1c(O)c(-c2ccc(O)c(O)c2)oc2cc(O)cc(O)c12.O=c1c(O)c(-c2ccc(O)c(OP(=O)(O)O)c2)oc2cc(O)cc(O)c12. The highest BCUT2D eigenvalue weighted by Crippen LogP contribution is 2.44. The fourth-order valence-corrected chi connectivity index (χ4v) is 4.87.